The van der Waals surface area contributed by atoms with Crippen LogP contribution in [0.1, 0.15) is 36.0 Å². The first-order valence-electron chi connectivity index (χ1n) is 10.3. The van der Waals surface area contributed by atoms with Crippen LogP contribution < -0.4 is 9.62 Å². The summed E-state index contributed by atoms with van der Waals surface area (Å²) in [5, 5.41) is 2.70. The van der Waals surface area contributed by atoms with E-state index in [2.05, 4.69) is 5.32 Å². The lowest BCUT2D eigenvalue weighted by atomic mass is 10.2. The molecular formula is C21H25N3O5S2. The summed E-state index contributed by atoms with van der Waals surface area (Å²) >= 11 is 0. The molecule has 2 aromatic rings. The van der Waals surface area contributed by atoms with Crippen molar-refractivity contribution in [2.75, 3.05) is 35.0 Å². The maximum atomic E-state index is 13.1. The average molecular weight is 464 g/mol. The quantitative estimate of drug-likeness (QED) is 0.734. The molecule has 2 aliphatic heterocycles. The monoisotopic (exact) mass is 463 g/mol. The Morgan fingerprint density at radius 3 is 2.19 bits per heavy atom. The second-order valence-electron chi connectivity index (χ2n) is 7.70. The highest BCUT2D eigenvalue weighted by molar-refractivity contribution is 7.93. The van der Waals surface area contributed by atoms with E-state index in [9.17, 15) is 21.6 Å². The van der Waals surface area contributed by atoms with Crippen molar-refractivity contribution >= 4 is 37.3 Å². The largest absolute Gasteiger partial charge is 0.321 e. The fourth-order valence-corrected chi connectivity index (χ4v) is 7.17. The highest BCUT2D eigenvalue weighted by atomic mass is 32.2. The van der Waals surface area contributed by atoms with Gasteiger partial charge in [-0.05, 0) is 55.7 Å². The van der Waals surface area contributed by atoms with Crippen LogP contribution in [0.2, 0.25) is 0 Å². The predicted molar refractivity (Wildman–Crippen MR) is 119 cm³/mol. The van der Waals surface area contributed by atoms with Crippen LogP contribution in [0.3, 0.4) is 0 Å². The van der Waals surface area contributed by atoms with Gasteiger partial charge < -0.3 is 5.32 Å². The van der Waals surface area contributed by atoms with Gasteiger partial charge >= 0.3 is 0 Å². The van der Waals surface area contributed by atoms with E-state index >= 15 is 0 Å². The van der Waals surface area contributed by atoms with Gasteiger partial charge in [0, 0.05) is 25.2 Å². The number of carbonyl (C=O) groups is 1. The van der Waals surface area contributed by atoms with E-state index in [-0.39, 0.29) is 16.3 Å². The summed E-state index contributed by atoms with van der Waals surface area (Å²) in [4.78, 5) is 12.9. The van der Waals surface area contributed by atoms with Crippen LogP contribution in [0, 0.1) is 0 Å². The Labute approximate surface area is 183 Å². The molecular weight excluding hydrogens is 438 g/mol. The lowest BCUT2D eigenvalue weighted by Crippen LogP contribution is -2.36. The van der Waals surface area contributed by atoms with E-state index in [0.29, 0.717) is 37.3 Å². The second kappa shape index (κ2) is 8.60. The van der Waals surface area contributed by atoms with Gasteiger partial charge in [-0.25, -0.2) is 16.8 Å². The number of rotatable bonds is 5. The standard InChI is InChI=1S/C21H25N3O5S2/c25-21(17-9-11-18(12-10-17)24-15-6-16-30(24,26)27)22-19-7-2-3-8-20(19)31(28,29)23-13-4-1-5-14-23/h2-3,7-12H,1,4-6,13-16H2,(H,22,25). The summed E-state index contributed by atoms with van der Waals surface area (Å²) in [7, 11) is -7.00. The van der Waals surface area contributed by atoms with Crippen molar-refractivity contribution in [3.63, 3.8) is 0 Å². The zero-order valence-electron chi connectivity index (χ0n) is 17.0. The van der Waals surface area contributed by atoms with E-state index in [1.807, 2.05) is 0 Å². The van der Waals surface area contributed by atoms with Gasteiger partial charge in [-0.15, -0.1) is 0 Å². The molecule has 2 saturated heterocycles. The summed E-state index contributed by atoms with van der Waals surface area (Å²) in [6, 6.07) is 12.6. The Morgan fingerprint density at radius 2 is 1.55 bits per heavy atom. The zero-order chi connectivity index (χ0) is 22.1. The van der Waals surface area contributed by atoms with Crippen LogP contribution in [0.5, 0.6) is 0 Å². The van der Waals surface area contributed by atoms with E-state index in [1.54, 1.807) is 42.5 Å². The predicted octanol–water partition coefficient (Wildman–Crippen LogP) is 2.65. The Kier molecular flexibility index (Phi) is 6.05. The van der Waals surface area contributed by atoms with E-state index in [0.717, 1.165) is 19.3 Å². The molecule has 2 fully saturated rings. The summed E-state index contributed by atoms with van der Waals surface area (Å²) in [5.41, 5.74) is 1.05. The molecule has 0 aliphatic carbocycles. The normalized spacial score (nSPS) is 19.3. The Bertz CT molecular complexity index is 1170. The number of para-hydroxylation sites is 1. The number of benzene rings is 2. The molecule has 0 spiro atoms. The highest BCUT2D eigenvalue weighted by Gasteiger charge is 2.30. The van der Waals surface area contributed by atoms with Crippen LogP contribution in [0.4, 0.5) is 11.4 Å². The molecule has 1 N–H and O–H groups in total. The number of amides is 1. The number of nitrogens with one attached hydrogen (secondary N) is 1. The van der Waals surface area contributed by atoms with E-state index < -0.39 is 26.0 Å². The fourth-order valence-electron chi connectivity index (χ4n) is 3.94. The molecule has 0 radical (unpaired) electrons. The minimum Gasteiger partial charge on any atom is -0.321 e. The topological polar surface area (TPSA) is 104 Å². The van der Waals surface area contributed by atoms with Crippen molar-refractivity contribution < 1.29 is 21.6 Å². The van der Waals surface area contributed by atoms with Crippen LogP contribution in [0.15, 0.2) is 53.4 Å². The van der Waals surface area contributed by atoms with Gasteiger partial charge in [0.15, 0.2) is 0 Å². The molecule has 4 rings (SSSR count). The van der Waals surface area contributed by atoms with Crippen LogP contribution in [-0.2, 0) is 20.0 Å². The molecule has 0 atom stereocenters. The number of sulfonamides is 2. The van der Waals surface area contributed by atoms with E-state index in [4.69, 9.17) is 0 Å². The van der Waals surface area contributed by atoms with Crippen LogP contribution >= 0.6 is 0 Å². The molecule has 2 heterocycles. The molecule has 2 aromatic carbocycles. The van der Waals surface area contributed by atoms with Gasteiger partial charge in [-0.3, -0.25) is 9.10 Å². The summed E-state index contributed by atoms with van der Waals surface area (Å²) in [6.07, 6.45) is 3.24. The Morgan fingerprint density at radius 1 is 0.871 bits per heavy atom. The molecule has 2 aliphatic rings. The maximum absolute atomic E-state index is 13.1. The molecule has 10 heteroatoms. The number of piperidine rings is 1. The van der Waals surface area contributed by atoms with Gasteiger partial charge in [-0.1, -0.05) is 18.6 Å². The number of anilines is 2. The van der Waals surface area contributed by atoms with Crippen molar-refractivity contribution in [3.05, 3.63) is 54.1 Å². The minimum atomic E-state index is -3.71. The third kappa shape index (κ3) is 4.46. The average Bonchev–Trinajstić information content (AvgIpc) is 3.13. The van der Waals surface area contributed by atoms with Crippen molar-refractivity contribution in [2.24, 2.45) is 0 Å². The van der Waals surface area contributed by atoms with Gasteiger partial charge in [0.1, 0.15) is 4.90 Å². The molecule has 0 bridgehead atoms. The number of hydrogen-bond acceptors (Lipinski definition) is 5. The molecule has 166 valence electrons. The molecule has 8 nitrogen and oxygen atoms in total. The van der Waals surface area contributed by atoms with Gasteiger partial charge in [0.25, 0.3) is 5.91 Å². The first-order chi connectivity index (χ1) is 14.8. The van der Waals surface area contributed by atoms with Crippen LogP contribution in [0.25, 0.3) is 0 Å². The first kappa shape index (κ1) is 21.8. The van der Waals surface area contributed by atoms with Gasteiger partial charge in [0.05, 0.1) is 17.1 Å². The Balaban J connectivity index is 1.54. The molecule has 31 heavy (non-hydrogen) atoms. The summed E-state index contributed by atoms with van der Waals surface area (Å²) < 4.78 is 53.1. The second-order valence-corrected chi connectivity index (χ2v) is 11.6. The number of nitrogens with zero attached hydrogens (tertiary/aromatic N) is 2. The summed E-state index contributed by atoms with van der Waals surface area (Å²) in [5.74, 6) is -0.338. The lowest BCUT2D eigenvalue weighted by molar-refractivity contribution is 0.102. The molecule has 0 aromatic heterocycles. The maximum Gasteiger partial charge on any atom is 0.255 e. The van der Waals surface area contributed by atoms with E-state index in [1.165, 1.54) is 14.7 Å². The number of carbonyl (C=O) groups excluding carboxylic acids is 1. The Hall–Kier alpha value is -2.43. The van der Waals surface area contributed by atoms with Crippen molar-refractivity contribution in [1.82, 2.24) is 4.31 Å². The lowest BCUT2D eigenvalue weighted by Gasteiger charge is -2.26. The third-order valence-electron chi connectivity index (χ3n) is 5.58. The summed E-state index contributed by atoms with van der Waals surface area (Å²) in [6.45, 7) is 1.38. The SMILES string of the molecule is O=C(Nc1ccccc1S(=O)(=O)N1CCCCC1)c1ccc(N2CCCS2(=O)=O)cc1. The van der Waals surface area contributed by atoms with Crippen molar-refractivity contribution in [2.45, 2.75) is 30.6 Å². The minimum absolute atomic E-state index is 0.0741. The first-order valence-corrected chi connectivity index (χ1v) is 13.3. The van der Waals surface area contributed by atoms with Gasteiger partial charge in [0.2, 0.25) is 20.0 Å². The fraction of sp³-hybridized carbons (Fsp3) is 0.381. The molecule has 1 amide bonds. The van der Waals surface area contributed by atoms with Crippen molar-refractivity contribution in [3.8, 4) is 0 Å². The smallest absolute Gasteiger partial charge is 0.255 e. The zero-order valence-corrected chi connectivity index (χ0v) is 18.7. The number of hydrogen-bond donors (Lipinski definition) is 1. The molecule has 0 unspecified atom stereocenters. The van der Waals surface area contributed by atoms with Crippen LogP contribution in [-0.4, -0.2) is 52.4 Å². The molecule has 0 saturated carbocycles. The highest BCUT2D eigenvalue weighted by Crippen LogP contribution is 2.28. The third-order valence-corrected chi connectivity index (χ3v) is 9.41. The van der Waals surface area contributed by atoms with Gasteiger partial charge in [-0.2, -0.15) is 4.31 Å². The van der Waals surface area contributed by atoms with Crippen molar-refractivity contribution in [1.29, 1.82) is 0 Å².